The number of sulfonamides is 1. The minimum Gasteiger partial charge on any atom is -0.492 e. The lowest BCUT2D eigenvalue weighted by atomic mass is 10.3. The van der Waals surface area contributed by atoms with Crippen LogP contribution >= 0.6 is 11.6 Å². The van der Waals surface area contributed by atoms with E-state index in [9.17, 15) is 8.42 Å². The average Bonchev–Trinajstić information content (AvgIpc) is 2.76. The molecular formula is C12H14ClN3O3S. The molecule has 0 spiro atoms. The first-order valence-corrected chi connectivity index (χ1v) is 7.72. The van der Waals surface area contributed by atoms with Gasteiger partial charge in [-0.15, -0.1) is 0 Å². The smallest absolute Gasteiger partial charge is 0.238 e. The predicted octanol–water partition coefficient (Wildman–Crippen LogP) is 1.34. The maximum Gasteiger partial charge on any atom is 0.238 e. The number of primary sulfonamides is 1. The van der Waals surface area contributed by atoms with Crippen molar-refractivity contribution in [1.82, 2.24) is 9.78 Å². The van der Waals surface area contributed by atoms with Crippen molar-refractivity contribution in [2.24, 2.45) is 12.2 Å². The molecule has 1 aromatic heterocycles. The Morgan fingerprint density at radius 1 is 1.40 bits per heavy atom. The minimum atomic E-state index is -3.76. The van der Waals surface area contributed by atoms with E-state index < -0.39 is 10.0 Å². The topological polar surface area (TPSA) is 87.2 Å². The quantitative estimate of drug-likeness (QED) is 0.902. The molecule has 8 heteroatoms. The number of nitrogens with two attached hydrogens (primary N) is 1. The van der Waals surface area contributed by atoms with Crippen molar-refractivity contribution in [3.8, 4) is 5.75 Å². The SMILES string of the molecule is Cn1nccc1CCOc1ccc(S(N)(=O)=O)cc1Cl. The molecule has 1 heterocycles. The number of ether oxygens (including phenoxy) is 1. The Balaban J connectivity index is 2.02. The lowest BCUT2D eigenvalue weighted by Crippen LogP contribution is -2.12. The van der Waals surface area contributed by atoms with Crippen molar-refractivity contribution < 1.29 is 13.2 Å². The van der Waals surface area contributed by atoms with Crippen LogP contribution in [0.3, 0.4) is 0 Å². The van der Waals surface area contributed by atoms with E-state index in [1.165, 1.54) is 18.2 Å². The molecule has 20 heavy (non-hydrogen) atoms. The second kappa shape index (κ2) is 5.82. The van der Waals surface area contributed by atoms with Crippen LogP contribution in [0, 0.1) is 0 Å². The van der Waals surface area contributed by atoms with E-state index >= 15 is 0 Å². The van der Waals surface area contributed by atoms with Crippen LogP contribution in [-0.2, 0) is 23.5 Å². The van der Waals surface area contributed by atoms with Crippen LogP contribution in [-0.4, -0.2) is 24.8 Å². The highest BCUT2D eigenvalue weighted by molar-refractivity contribution is 7.89. The average molecular weight is 316 g/mol. The van der Waals surface area contributed by atoms with E-state index in [-0.39, 0.29) is 9.92 Å². The number of benzene rings is 1. The monoisotopic (exact) mass is 315 g/mol. The van der Waals surface area contributed by atoms with E-state index in [2.05, 4.69) is 5.10 Å². The zero-order chi connectivity index (χ0) is 14.8. The standard InChI is InChI=1S/C12H14ClN3O3S/c1-16-9(4-6-15-16)5-7-19-12-3-2-10(8-11(12)13)20(14,17)18/h2-4,6,8H,5,7H2,1H3,(H2,14,17,18). The molecule has 0 fully saturated rings. The fourth-order valence-electron chi connectivity index (χ4n) is 1.69. The normalized spacial score (nSPS) is 11.6. The summed E-state index contributed by atoms with van der Waals surface area (Å²) >= 11 is 5.96. The Labute approximate surface area is 122 Å². The second-order valence-corrected chi connectivity index (χ2v) is 6.15. The second-order valence-electron chi connectivity index (χ2n) is 4.18. The first-order chi connectivity index (χ1) is 9.38. The van der Waals surface area contributed by atoms with Gasteiger partial charge < -0.3 is 4.74 Å². The van der Waals surface area contributed by atoms with Crippen molar-refractivity contribution in [3.63, 3.8) is 0 Å². The van der Waals surface area contributed by atoms with E-state index in [0.29, 0.717) is 18.8 Å². The summed E-state index contributed by atoms with van der Waals surface area (Å²) in [5.74, 6) is 0.418. The number of halogens is 1. The van der Waals surface area contributed by atoms with Gasteiger partial charge in [-0.05, 0) is 24.3 Å². The highest BCUT2D eigenvalue weighted by atomic mass is 35.5. The fraction of sp³-hybridized carbons (Fsp3) is 0.250. The maximum absolute atomic E-state index is 11.2. The number of nitrogens with zero attached hydrogens (tertiary/aromatic N) is 2. The fourth-order valence-corrected chi connectivity index (χ4v) is 2.53. The van der Waals surface area contributed by atoms with Gasteiger partial charge in [-0.3, -0.25) is 4.68 Å². The van der Waals surface area contributed by atoms with Crippen LogP contribution in [0.5, 0.6) is 5.75 Å². The van der Waals surface area contributed by atoms with Gasteiger partial charge in [0.15, 0.2) is 0 Å². The summed E-state index contributed by atoms with van der Waals surface area (Å²) in [6.07, 6.45) is 2.38. The molecule has 0 bridgehead atoms. The van der Waals surface area contributed by atoms with E-state index in [4.69, 9.17) is 21.5 Å². The number of aromatic nitrogens is 2. The van der Waals surface area contributed by atoms with E-state index in [1.807, 2.05) is 13.1 Å². The lowest BCUT2D eigenvalue weighted by molar-refractivity contribution is 0.318. The molecule has 108 valence electrons. The van der Waals surface area contributed by atoms with Crippen molar-refractivity contribution in [1.29, 1.82) is 0 Å². The number of aryl methyl sites for hydroxylation is 1. The van der Waals surface area contributed by atoms with Gasteiger partial charge in [0.2, 0.25) is 10.0 Å². The molecule has 0 saturated carbocycles. The molecule has 0 unspecified atom stereocenters. The van der Waals surface area contributed by atoms with Gasteiger partial charge in [-0.1, -0.05) is 11.6 Å². The Bertz CT molecular complexity index is 712. The summed E-state index contributed by atoms with van der Waals surface area (Å²) in [4.78, 5) is -0.0403. The summed E-state index contributed by atoms with van der Waals surface area (Å²) in [5, 5.41) is 9.28. The Hall–Kier alpha value is -1.57. The zero-order valence-corrected chi connectivity index (χ0v) is 12.4. The molecule has 2 rings (SSSR count). The molecule has 0 atom stereocenters. The third-order valence-electron chi connectivity index (χ3n) is 2.77. The van der Waals surface area contributed by atoms with Crippen molar-refractivity contribution >= 4 is 21.6 Å². The van der Waals surface area contributed by atoms with Crippen molar-refractivity contribution in [2.75, 3.05) is 6.61 Å². The molecule has 6 nitrogen and oxygen atoms in total. The van der Waals surface area contributed by atoms with Crippen LogP contribution in [0.4, 0.5) is 0 Å². The highest BCUT2D eigenvalue weighted by Gasteiger charge is 2.11. The molecule has 0 aliphatic carbocycles. The Morgan fingerprint density at radius 2 is 2.15 bits per heavy atom. The summed E-state index contributed by atoms with van der Waals surface area (Å²) in [7, 11) is -1.90. The molecule has 1 aromatic carbocycles. The van der Waals surface area contributed by atoms with Gasteiger partial charge in [0.05, 0.1) is 16.5 Å². The molecule has 0 aliphatic rings. The molecule has 0 radical (unpaired) electrons. The molecule has 2 aromatic rings. The number of hydrogen-bond donors (Lipinski definition) is 1. The lowest BCUT2D eigenvalue weighted by Gasteiger charge is -2.09. The van der Waals surface area contributed by atoms with Crippen LogP contribution in [0.25, 0.3) is 0 Å². The third kappa shape index (κ3) is 3.50. The Kier molecular flexibility index (Phi) is 4.32. The summed E-state index contributed by atoms with van der Waals surface area (Å²) in [6.45, 7) is 0.411. The third-order valence-corrected chi connectivity index (χ3v) is 3.98. The van der Waals surface area contributed by atoms with Gasteiger partial charge in [-0.25, -0.2) is 13.6 Å². The van der Waals surface area contributed by atoms with Gasteiger partial charge in [0.25, 0.3) is 0 Å². The predicted molar refractivity (Wildman–Crippen MR) is 75.2 cm³/mol. The Morgan fingerprint density at radius 3 is 2.70 bits per heavy atom. The highest BCUT2D eigenvalue weighted by Crippen LogP contribution is 2.27. The van der Waals surface area contributed by atoms with Crippen LogP contribution in [0.1, 0.15) is 5.69 Å². The zero-order valence-electron chi connectivity index (χ0n) is 10.8. The van der Waals surface area contributed by atoms with E-state index in [1.54, 1.807) is 10.9 Å². The molecular weight excluding hydrogens is 302 g/mol. The van der Waals surface area contributed by atoms with Crippen LogP contribution < -0.4 is 9.88 Å². The first-order valence-electron chi connectivity index (χ1n) is 5.80. The van der Waals surface area contributed by atoms with Crippen molar-refractivity contribution in [3.05, 3.63) is 41.2 Å². The first kappa shape index (κ1) is 14.8. The number of hydrogen-bond acceptors (Lipinski definition) is 4. The largest absolute Gasteiger partial charge is 0.492 e. The maximum atomic E-state index is 11.2. The molecule has 2 N–H and O–H groups in total. The van der Waals surface area contributed by atoms with Gasteiger partial charge in [0, 0.05) is 25.4 Å². The molecule has 0 amide bonds. The number of rotatable bonds is 5. The summed E-state index contributed by atoms with van der Waals surface area (Å²) in [6, 6.07) is 6.03. The van der Waals surface area contributed by atoms with Gasteiger partial charge in [-0.2, -0.15) is 5.10 Å². The molecule has 0 aliphatic heterocycles. The minimum absolute atomic E-state index is 0.0403. The van der Waals surface area contributed by atoms with Crippen molar-refractivity contribution in [2.45, 2.75) is 11.3 Å². The van der Waals surface area contributed by atoms with Gasteiger partial charge in [0.1, 0.15) is 5.75 Å². The van der Waals surface area contributed by atoms with Crippen LogP contribution in [0.15, 0.2) is 35.4 Å². The van der Waals surface area contributed by atoms with E-state index in [0.717, 1.165) is 5.69 Å². The summed E-state index contributed by atoms with van der Waals surface area (Å²) < 4.78 is 29.6. The molecule has 0 saturated heterocycles. The van der Waals surface area contributed by atoms with Gasteiger partial charge >= 0.3 is 0 Å². The summed E-state index contributed by atoms with van der Waals surface area (Å²) in [5.41, 5.74) is 1.03. The van der Waals surface area contributed by atoms with Crippen LogP contribution in [0.2, 0.25) is 5.02 Å².